The van der Waals surface area contributed by atoms with Gasteiger partial charge >= 0.3 is 5.97 Å². The second kappa shape index (κ2) is 4.06. The number of aliphatic carboxylic acids is 1. The molecule has 4 nitrogen and oxygen atoms in total. The Kier molecular flexibility index (Phi) is 3.23. The van der Waals surface area contributed by atoms with Crippen molar-refractivity contribution in [1.29, 1.82) is 0 Å². The Hall–Kier alpha value is -0.940. The molecule has 76 valence electrons. The zero-order chi connectivity index (χ0) is 10.8. The predicted molar refractivity (Wildman–Crippen MR) is 55.9 cm³/mol. The van der Waals surface area contributed by atoms with E-state index in [-0.39, 0.29) is 6.42 Å². The molecule has 0 saturated carbocycles. The maximum atomic E-state index is 10.7. The van der Waals surface area contributed by atoms with Crippen LogP contribution in [-0.4, -0.2) is 21.6 Å². The highest BCUT2D eigenvalue weighted by molar-refractivity contribution is 9.10. The topological polar surface area (TPSA) is 76.2 Å². The van der Waals surface area contributed by atoms with E-state index in [0.29, 0.717) is 0 Å². The van der Waals surface area contributed by atoms with Crippen LogP contribution in [0, 0.1) is 0 Å². The van der Waals surface area contributed by atoms with Crippen molar-refractivity contribution in [1.82, 2.24) is 4.98 Å². The van der Waals surface area contributed by atoms with Gasteiger partial charge in [0.2, 0.25) is 0 Å². The lowest BCUT2D eigenvalue weighted by Crippen LogP contribution is -2.46. The molecule has 1 rings (SSSR count). The van der Waals surface area contributed by atoms with E-state index in [0.717, 1.165) is 10.2 Å². The molecule has 0 aliphatic rings. The molecule has 0 aromatic carbocycles. The summed E-state index contributed by atoms with van der Waals surface area (Å²) in [6.07, 6.45) is 1.88. The highest BCUT2D eigenvalue weighted by Crippen LogP contribution is 2.12. The fourth-order valence-electron chi connectivity index (χ4n) is 1.01. The van der Waals surface area contributed by atoms with Crippen LogP contribution in [0.25, 0.3) is 0 Å². The summed E-state index contributed by atoms with van der Waals surface area (Å²) in [6, 6.07) is 3.55. The van der Waals surface area contributed by atoms with Crippen LogP contribution in [0.4, 0.5) is 0 Å². The fourth-order valence-corrected chi connectivity index (χ4v) is 1.25. The zero-order valence-corrected chi connectivity index (χ0v) is 9.28. The molecule has 3 N–H and O–H groups in total. The van der Waals surface area contributed by atoms with Gasteiger partial charge in [0.05, 0.1) is 0 Å². The number of pyridine rings is 1. The van der Waals surface area contributed by atoms with Crippen molar-refractivity contribution in [2.24, 2.45) is 5.73 Å². The third-order valence-electron chi connectivity index (χ3n) is 1.85. The lowest BCUT2D eigenvalue weighted by Gasteiger charge is -2.18. The van der Waals surface area contributed by atoms with Gasteiger partial charge in [-0.2, -0.15) is 0 Å². The van der Waals surface area contributed by atoms with Gasteiger partial charge < -0.3 is 10.8 Å². The quantitative estimate of drug-likeness (QED) is 0.799. The Labute approximate surface area is 90.3 Å². The Morgan fingerprint density at radius 1 is 1.71 bits per heavy atom. The first kappa shape index (κ1) is 11.1. The molecule has 0 saturated heterocycles. The summed E-state index contributed by atoms with van der Waals surface area (Å²) in [7, 11) is 0. The summed E-state index contributed by atoms with van der Waals surface area (Å²) in [6.45, 7) is 1.48. The van der Waals surface area contributed by atoms with Crippen LogP contribution in [-0.2, 0) is 11.2 Å². The van der Waals surface area contributed by atoms with Crippen molar-refractivity contribution in [2.75, 3.05) is 0 Å². The van der Waals surface area contributed by atoms with Gasteiger partial charge in [-0.15, -0.1) is 0 Å². The summed E-state index contributed by atoms with van der Waals surface area (Å²) in [4.78, 5) is 14.7. The highest BCUT2D eigenvalue weighted by atomic mass is 79.9. The third-order valence-corrected chi connectivity index (χ3v) is 2.32. The van der Waals surface area contributed by atoms with Gasteiger partial charge in [0, 0.05) is 12.6 Å². The number of hydrogen-bond acceptors (Lipinski definition) is 3. The van der Waals surface area contributed by atoms with Crippen molar-refractivity contribution in [3.05, 3.63) is 28.5 Å². The van der Waals surface area contributed by atoms with Gasteiger partial charge in [-0.25, -0.2) is 4.98 Å². The van der Waals surface area contributed by atoms with Gasteiger partial charge in [0.15, 0.2) is 0 Å². The number of rotatable bonds is 3. The summed E-state index contributed by atoms with van der Waals surface area (Å²) < 4.78 is 0.718. The summed E-state index contributed by atoms with van der Waals surface area (Å²) in [5.74, 6) is -1.01. The van der Waals surface area contributed by atoms with E-state index in [4.69, 9.17) is 10.8 Å². The number of carboxylic acid groups (broad SMARTS) is 1. The fraction of sp³-hybridized carbons (Fsp3) is 0.333. The Bertz CT molecular complexity index is 335. The average Bonchev–Trinajstić information content (AvgIpc) is 2.08. The van der Waals surface area contributed by atoms with Gasteiger partial charge in [-0.05, 0) is 34.5 Å². The SMILES string of the molecule is CC(N)(Cc1ccc(Br)nc1)C(=O)O. The third kappa shape index (κ3) is 2.78. The number of aromatic nitrogens is 1. The van der Waals surface area contributed by atoms with E-state index in [1.807, 2.05) is 0 Å². The largest absolute Gasteiger partial charge is 0.480 e. The molecule has 0 spiro atoms. The molecule has 1 heterocycles. The summed E-state index contributed by atoms with van der Waals surface area (Å²) in [5.41, 5.74) is 5.16. The smallest absolute Gasteiger partial charge is 0.323 e. The molecular formula is C9H11BrN2O2. The molecule has 0 aliphatic heterocycles. The van der Waals surface area contributed by atoms with Crippen LogP contribution in [0.5, 0.6) is 0 Å². The van der Waals surface area contributed by atoms with Gasteiger partial charge in [0.25, 0.3) is 0 Å². The van der Waals surface area contributed by atoms with E-state index >= 15 is 0 Å². The molecular weight excluding hydrogens is 248 g/mol. The molecule has 0 bridgehead atoms. The summed E-state index contributed by atoms with van der Waals surface area (Å²) in [5, 5.41) is 8.80. The molecule has 0 amide bonds. The molecule has 14 heavy (non-hydrogen) atoms. The molecule has 1 aromatic rings. The molecule has 1 unspecified atom stereocenters. The van der Waals surface area contributed by atoms with E-state index in [9.17, 15) is 4.79 Å². The lowest BCUT2D eigenvalue weighted by molar-refractivity contribution is -0.142. The van der Waals surface area contributed by atoms with Crippen molar-refractivity contribution in [2.45, 2.75) is 18.9 Å². The van der Waals surface area contributed by atoms with E-state index in [1.54, 1.807) is 18.3 Å². The zero-order valence-electron chi connectivity index (χ0n) is 7.70. The van der Waals surface area contributed by atoms with Crippen LogP contribution in [0.1, 0.15) is 12.5 Å². The minimum atomic E-state index is -1.24. The number of nitrogens with zero attached hydrogens (tertiary/aromatic N) is 1. The number of hydrogen-bond donors (Lipinski definition) is 2. The molecule has 5 heteroatoms. The lowest BCUT2D eigenvalue weighted by atomic mass is 9.95. The number of carbonyl (C=O) groups is 1. The Morgan fingerprint density at radius 3 is 2.79 bits per heavy atom. The Morgan fingerprint density at radius 2 is 2.36 bits per heavy atom. The number of nitrogens with two attached hydrogens (primary N) is 1. The maximum Gasteiger partial charge on any atom is 0.323 e. The van der Waals surface area contributed by atoms with Gasteiger partial charge in [-0.3, -0.25) is 4.79 Å². The standard InChI is InChI=1S/C9H11BrN2O2/c1-9(11,8(13)14)4-6-2-3-7(10)12-5-6/h2-3,5H,4,11H2,1H3,(H,13,14). The molecule has 0 radical (unpaired) electrons. The van der Waals surface area contributed by atoms with Crippen molar-refractivity contribution < 1.29 is 9.90 Å². The molecule has 1 aromatic heterocycles. The van der Waals surface area contributed by atoms with Crippen molar-refractivity contribution in [3.8, 4) is 0 Å². The first-order valence-corrected chi connectivity index (χ1v) is 4.84. The van der Waals surface area contributed by atoms with Crippen LogP contribution < -0.4 is 5.73 Å². The minimum absolute atomic E-state index is 0.266. The number of carboxylic acids is 1. The first-order chi connectivity index (χ1) is 6.42. The average molecular weight is 259 g/mol. The van der Waals surface area contributed by atoms with Crippen LogP contribution in [0.15, 0.2) is 22.9 Å². The van der Waals surface area contributed by atoms with Crippen LogP contribution in [0.2, 0.25) is 0 Å². The minimum Gasteiger partial charge on any atom is -0.480 e. The highest BCUT2D eigenvalue weighted by Gasteiger charge is 2.27. The van der Waals surface area contributed by atoms with E-state index in [1.165, 1.54) is 6.92 Å². The predicted octanol–water partition coefficient (Wildman–Crippen LogP) is 1.19. The van der Waals surface area contributed by atoms with Crippen molar-refractivity contribution in [3.63, 3.8) is 0 Å². The number of halogens is 1. The monoisotopic (exact) mass is 258 g/mol. The molecule has 0 aliphatic carbocycles. The molecule has 1 atom stereocenters. The van der Waals surface area contributed by atoms with Crippen LogP contribution >= 0.6 is 15.9 Å². The normalized spacial score (nSPS) is 14.8. The molecule has 0 fully saturated rings. The Balaban J connectivity index is 2.79. The second-order valence-electron chi connectivity index (χ2n) is 3.39. The second-order valence-corrected chi connectivity index (χ2v) is 4.20. The van der Waals surface area contributed by atoms with Gasteiger partial charge in [0.1, 0.15) is 10.1 Å². The summed E-state index contributed by atoms with van der Waals surface area (Å²) >= 11 is 3.20. The maximum absolute atomic E-state index is 10.7. The first-order valence-electron chi connectivity index (χ1n) is 4.04. The van der Waals surface area contributed by atoms with Gasteiger partial charge in [-0.1, -0.05) is 6.07 Å². The van der Waals surface area contributed by atoms with Crippen molar-refractivity contribution >= 4 is 21.9 Å². The van der Waals surface area contributed by atoms with Crippen LogP contribution in [0.3, 0.4) is 0 Å². The van der Waals surface area contributed by atoms with E-state index in [2.05, 4.69) is 20.9 Å². The van der Waals surface area contributed by atoms with E-state index < -0.39 is 11.5 Å².